The number of fused-ring (bicyclic) bond motifs is 1. The van der Waals surface area contributed by atoms with Crippen molar-refractivity contribution >= 4 is 5.65 Å². The molecule has 4 aromatic rings. The third-order valence-corrected chi connectivity index (χ3v) is 4.48. The highest BCUT2D eigenvalue weighted by Gasteiger charge is 2.17. The van der Waals surface area contributed by atoms with Crippen LogP contribution in [0.25, 0.3) is 28.0 Å². The molecule has 3 heterocycles. The van der Waals surface area contributed by atoms with Crippen LogP contribution in [-0.4, -0.2) is 24.6 Å². The minimum atomic E-state index is -0.151. The topological polar surface area (TPSA) is 75.9 Å². The summed E-state index contributed by atoms with van der Waals surface area (Å²) in [4.78, 5) is 26.2. The second-order valence-electron chi connectivity index (χ2n) is 6.24. The second kappa shape index (κ2) is 6.22. The van der Waals surface area contributed by atoms with Crippen LogP contribution in [0.2, 0.25) is 0 Å². The molecule has 0 bridgehead atoms. The monoisotopic (exact) mass is 345 g/mol. The van der Waals surface area contributed by atoms with Crippen LogP contribution in [-0.2, 0) is 6.42 Å². The van der Waals surface area contributed by atoms with Gasteiger partial charge in [-0.05, 0) is 25.8 Å². The molecule has 4 rings (SSSR count). The number of hydrogen-bond acceptors (Lipinski definition) is 4. The summed E-state index contributed by atoms with van der Waals surface area (Å²) in [6, 6.07) is 11.5. The van der Waals surface area contributed by atoms with Crippen molar-refractivity contribution in [3.05, 3.63) is 70.2 Å². The molecule has 6 nitrogen and oxygen atoms in total. The van der Waals surface area contributed by atoms with Crippen molar-refractivity contribution in [1.29, 1.82) is 0 Å². The van der Waals surface area contributed by atoms with E-state index in [1.54, 1.807) is 6.20 Å². The minimum absolute atomic E-state index is 0.151. The molecule has 6 heteroatoms. The van der Waals surface area contributed by atoms with Crippen molar-refractivity contribution in [2.45, 2.75) is 27.2 Å². The van der Waals surface area contributed by atoms with Crippen molar-refractivity contribution in [3.63, 3.8) is 0 Å². The van der Waals surface area contributed by atoms with E-state index in [2.05, 4.69) is 22.0 Å². The van der Waals surface area contributed by atoms with E-state index in [1.165, 1.54) is 10.6 Å². The summed E-state index contributed by atoms with van der Waals surface area (Å²) >= 11 is 0. The van der Waals surface area contributed by atoms with Gasteiger partial charge in [0.1, 0.15) is 5.82 Å². The van der Waals surface area contributed by atoms with E-state index in [9.17, 15) is 4.79 Å². The molecule has 130 valence electrons. The quantitative estimate of drug-likeness (QED) is 0.618. The van der Waals surface area contributed by atoms with Crippen LogP contribution in [0.15, 0.2) is 47.4 Å². The number of hydrogen-bond donors (Lipinski definition) is 1. The lowest BCUT2D eigenvalue weighted by Gasteiger charge is -2.06. The SMILES string of the molecule is CCc1[nH]n2c(=O)cc(-c3cnc(C)nc3C)nc2c1-c1ccccc1. The first-order valence-electron chi connectivity index (χ1n) is 8.59. The molecule has 0 spiro atoms. The van der Waals surface area contributed by atoms with E-state index in [0.29, 0.717) is 17.2 Å². The largest absolute Gasteiger partial charge is 0.293 e. The molecule has 0 saturated heterocycles. The lowest BCUT2D eigenvalue weighted by atomic mass is 10.0. The third kappa shape index (κ3) is 2.60. The maximum absolute atomic E-state index is 12.7. The maximum atomic E-state index is 12.7. The molecule has 0 aliphatic carbocycles. The molecule has 0 fully saturated rings. The number of aromatic amines is 1. The Morgan fingerprint density at radius 1 is 1.12 bits per heavy atom. The highest BCUT2D eigenvalue weighted by Crippen LogP contribution is 2.28. The average molecular weight is 345 g/mol. The Hall–Kier alpha value is -3.28. The van der Waals surface area contributed by atoms with E-state index in [1.807, 2.05) is 44.2 Å². The summed E-state index contributed by atoms with van der Waals surface area (Å²) in [5.41, 5.74) is 5.61. The molecule has 0 aliphatic heterocycles. The molecule has 0 aliphatic rings. The molecule has 0 atom stereocenters. The van der Waals surface area contributed by atoms with Crippen LogP contribution < -0.4 is 5.56 Å². The van der Waals surface area contributed by atoms with E-state index in [0.717, 1.165) is 34.5 Å². The number of aryl methyl sites for hydroxylation is 3. The lowest BCUT2D eigenvalue weighted by Crippen LogP contribution is -2.15. The molecule has 3 aromatic heterocycles. The summed E-state index contributed by atoms with van der Waals surface area (Å²) in [5, 5.41) is 3.19. The fourth-order valence-electron chi connectivity index (χ4n) is 3.22. The fourth-order valence-corrected chi connectivity index (χ4v) is 3.22. The van der Waals surface area contributed by atoms with Gasteiger partial charge in [0.15, 0.2) is 5.65 Å². The van der Waals surface area contributed by atoms with Crippen molar-refractivity contribution in [1.82, 2.24) is 24.6 Å². The first-order valence-corrected chi connectivity index (χ1v) is 8.59. The van der Waals surface area contributed by atoms with Crippen LogP contribution in [0.3, 0.4) is 0 Å². The maximum Gasteiger partial charge on any atom is 0.273 e. The molecule has 0 unspecified atom stereocenters. The number of benzene rings is 1. The van der Waals surface area contributed by atoms with Gasteiger partial charge in [0.05, 0.1) is 11.4 Å². The van der Waals surface area contributed by atoms with Gasteiger partial charge in [-0.2, -0.15) is 0 Å². The molecule has 0 radical (unpaired) electrons. The number of H-pyrrole nitrogens is 1. The molecular weight excluding hydrogens is 326 g/mol. The summed E-state index contributed by atoms with van der Waals surface area (Å²) in [6.07, 6.45) is 2.50. The van der Waals surface area contributed by atoms with Gasteiger partial charge < -0.3 is 0 Å². The molecule has 0 saturated carbocycles. The zero-order valence-corrected chi connectivity index (χ0v) is 14.9. The standard InChI is InChI=1S/C20H19N5O/c1-4-16-19(14-8-6-5-7-9-14)20-23-17(10-18(26)25(20)24-16)15-11-21-13(3)22-12(15)2/h5-11,24H,4H2,1-3H3. The smallest absolute Gasteiger partial charge is 0.273 e. The van der Waals surface area contributed by atoms with Crippen molar-refractivity contribution < 1.29 is 0 Å². The van der Waals surface area contributed by atoms with E-state index in [4.69, 9.17) is 4.98 Å². The molecule has 1 N–H and O–H groups in total. The molecular formula is C20H19N5O. The van der Waals surface area contributed by atoms with Crippen molar-refractivity contribution in [3.8, 4) is 22.4 Å². The second-order valence-corrected chi connectivity index (χ2v) is 6.24. The minimum Gasteiger partial charge on any atom is -0.293 e. The Labute approximate surface area is 150 Å². The molecule has 26 heavy (non-hydrogen) atoms. The van der Waals surface area contributed by atoms with Gasteiger partial charge in [0, 0.05) is 29.1 Å². The van der Waals surface area contributed by atoms with Crippen molar-refractivity contribution in [2.75, 3.05) is 0 Å². The highest BCUT2D eigenvalue weighted by molar-refractivity contribution is 5.81. The predicted molar refractivity (Wildman–Crippen MR) is 101 cm³/mol. The fraction of sp³-hybridized carbons (Fsp3) is 0.200. The zero-order valence-electron chi connectivity index (χ0n) is 14.9. The van der Waals surface area contributed by atoms with Gasteiger partial charge in [-0.3, -0.25) is 9.89 Å². The Bertz CT molecular complexity index is 1160. The van der Waals surface area contributed by atoms with Crippen LogP contribution in [0, 0.1) is 13.8 Å². The van der Waals surface area contributed by atoms with E-state index in [-0.39, 0.29) is 5.56 Å². The van der Waals surface area contributed by atoms with Crippen LogP contribution in [0.5, 0.6) is 0 Å². The summed E-state index contributed by atoms with van der Waals surface area (Å²) in [5.74, 6) is 0.698. The normalized spacial score (nSPS) is 11.2. The van der Waals surface area contributed by atoms with E-state index < -0.39 is 0 Å². The lowest BCUT2D eigenvalue weighted by molar-refractivity contribution is 0.858. The Morgan fingerprint density at radius 2 is 1.88 bits per heavy atom. The van der Waals surface area contributed by atoms with Gasteiger partial charge >= 0.3 is 0 Å². The summed E-state index contributed by atoms with van der Waals surface area (Å²) < 4.78 is 1.51. The first kappa shape index (κ1) is 16.2. The first-order chi connectivity index (χ1) is 12.6. The number of rotatable bonds is 3. The Morgan fingerprint density at radius 3 is 2.58 bits per heavy atom. The van der Waals surface area contributed by atoms with Crippen LogP contribution in [0.4, 0.5) is 0 Å². The van der Waals surface area contributed by atoms with Gasteiger partial charge in [0.2, 0.25) is 0 Å². The number of nitrogens with one attached hydrogen (secondary N) is 1. The highest BCUT2D eigenvalue weighted by atomic mass is 16.1. The van der Waals surface area contributed by atoms with Crippen molar-refractivity contribution in [2.24, 2.45) is 0 Å². The predicted octanol–water partition coefficient (Wildman–Crippen LogP) is 3.33. The number of aromatic nitrogens is 5. The van der Waals surface area contributed by atoms with Gasteiger partial charge in [-0.1, -0.05) is 37.3 Å². The van der Waals surface area contributed by atoms with Crippen LogP contribution in [0.1, 0.15) is 24.1 Å². The zero-order chi connectivity index (χ0) is 18.3. The molecule has 1 aromatic carbocycles. The Kier molecular flexibility index (Phi) is 3.88. The Balaban J connectivity index is 2.03. The number of nitrogens with zero attached hydrogens (tertiary/aromatic N) is 4. The van der Waals surface area contributed by atoms with Gasteiger partial charge in [-0.25, -0.2) is 19.5 Å². The third-order valence-electron chi connectivity index (χ3n) is 4.48. The van der Waals surface area contributed by atoms with Gasteiger partial charge in [0.25, 0.3) is 5.56 Å². The average Bonchev–Trinajstić information content (AvgIpc) is 3.01. The summed E-state index contributed by atoms with van der Waals surface area (Å²) in [6.45, 7) is 5.80. The van der Waals surface area contributed by atoms with Gasteiger partial charge in [-0.15, -0.1) is 0 Å². The van der Waals surface area contributed by atoms with E-state index >= 15 is 0 Å². The molecule has 0 amide bonds. The van der Waals surface area contributed by atoms with Crippen LogP contribution >= 0.6 is 0 Å². The summed E-state index contributed by atoms with van der Waals surface area (Å²) in [7, 11) is 0.